The van der Waals surface area contributed by atoms with Gasteiger partial charge in [0.15, 0.2) is 0 Å². The van der Waals surface area contributed by atoms with Crippen LogP contribution in [0.25, 0.3) is 0 Å². The highest BCUT2D eigenvalue weighted by atomic mass is 32.2. The number of quaternary nitrogens is 1. The first-order chi connectivity index (χ1) is 23.9. The van der Waals surface area contributed by atoms with Gasteiger partial charge < -0.3 is 4.55 Å². The fraction of sp³-hybridized carbons (Fsp3) is 0.864. The number of rotatable bonds is 39. The van der Waals surface area contributed by atoms with Crippen molar-refractivity contribution >= 4 is 10.1 Å². The van der Waals surface area contributed by atoms with Crippen molar-refractivity contribution in [2.45, 2.75) is 233 Å². The van der Waals surface area contributed by atoms with Crippen molar-refractivity contribution in [1.82, 2.24) is 0 Å². The van der Waals surface area contributed by atoms with Crippen molar-refractivity contribution in [2.24, 2.45) is 0 Å². The molecule has 0 aliphatic rings. The summed E-state index contributed by atoms with van der Waals surface area (Å²) in [5.74, 6) is -0.346. The van der Waals surface area contributed by atoms with Crippen LogP contribution < -0.4 is 0 Å². The third-order valence-electron chi connectivity index (χ3n) is 10.1. The monoisotopic (exact) mass is 708 g/mol. The molecule has 0 spiro atoms. The molecule has 0 aromatic heterocycles. The predicted molar refractivity (Wildman–Crippen MR) is 216 cm³/mol. The van der Waals surface area contributed by atoms with Gasteiger partial charge in [0.25, 0.3) is 0 Å². The van der Waals surface area contributed by atoms with Crippen molar-refractivity contribution in [3.05, 3.63) is 36.8 Å². The lowest BCUT2D eigenvalue weighted by Crippen LogP contribution is -2.35. The van der Waals surface area contributed by atoms with Crippen LogP contribution in [0.5, 0.6) is 0 Å². The first kappa shape index (κ1) is 48.1. The van der Waals surface area contributed by atoms with Crippen LogP contribution >= 0.6 is 0 Å². The average Bonchev–Trinajstić information content (AvgIpc) is 3.08. The van der Waals surface area contributed by atoms with Crippen LogP contribution in [0.2, 0.25) is 0 Å². The van der Waals surface area contributed by atoms with E-state index in [0.717, 1.165) is 38.5 Å². The van der Waals surface area contributed by atoms with Gasteiger partial charge in [-0.25, -0.2) is 12.9 Å². The molecule has 0 heterocycles. The normalized spacial score (nSPS) is 12.8. The molecule has 0 aliphatic carbocycles. The molecule has 5 heteroatoms. The Bertz CT molecular complexity index is 780. The Balaban J connectivity index is 4.99. The molecule has 0 radical (unpaired) electrons. The van der Waals surface area contributed by atoms with Gasteiger partial charge in [0.05, 0.1) is 5.75 Å². The van der Waals surface area contributed by atoms with Gasteiger partial charge >= 0.3 is 0 Å². The topological polar surface area (TPSA) is 57.2 Å². The summed E-state index contributed by atoms with van der Waals surface area (Å²) in [4.78, 5) is 0. The second-order valence-corrected chi connectivity index (χ2v) is 16.6. The van der Waals surface area contributed by atoms with Gasteiger partial charge in [-0.2, -0.15) is 0 Å². The number of hydrogen-bond acceptors (Lipinski definition) is 3. The van der Waals surface area contributed by atoms with Crippen LogP contribution in [-0.2, 0) is 10.1 Å². The molecule has 0 aromatic carbocycles. The van der Waals surface area contributed by atoms with E-state index in [1.807, 2.05) is 0 Å². The predicted octanol–water partition coefficient (Wildman–Crippen LogP) is 14.8. The number of nitrogens with zero attached hydrogens (tertiary/aromatic N) is 1. The molecule has 0 N–H and O–H groups in total. The van der Waals surface area contributed by atoms with E-state index in [4.69, 9.17) is 0 Å². The second kappa shape index (κ2) is 36.9. The van der Waals surface area contributed by atoms with E-state index in [9.17, 15) is 13.0 Å². The van der Waals surface area contributed by atoms with Crippen LogP contribution in [0, 0.1) is 0 Å². The Morgan fingerprint density at radius 3 is 0.837 bits per heavy atom. The standard InChI is InChI=1S/C44H85NO3S/c1-4-7-10-13-16-19-22-25-28-31-34-37-40-45(43-44-49(46,47)48,41-38-35-32-29-26-23-20-17-14-11-8-5-2)42-39-36-33-30-27-24-21-18-15-12-9-6-3/h37-42H,4-36,43-44H2,1-3H3/b40-37+,41-38+,42-39+. The number of hydrogen-bond donors (Lipinski definition) is 0. The Morgan fingerprint density at radius 2 is 0.612 bits per heavy atom. The summed E-state index contributed by atoms with van der Waals surface area (Å²) in [6, 6.07) is 0. The third-order valence-corrected chi connectivity index (χ3v) is 10.7. The largest absolute Gasteiger partial charge is 0.748 e. The molecule has 0 aromatic rings. The minimum Gasteiger partial charge on any atom is -0.748 e. The Hall–Kier alpha value is -0.910. The molecule has 290 valence electrons. The van der Waals surface area contributed by atoms with Gasteiger partial charge in [-0.1, -0.05) is 194 Å². The zero-order valence-corrected chi connectivity index (χ0v) is 34.1. The lowest BCUT2D eigenvalue weighted by molar-refractivity contribution is -0.770. The zero-order valence-electron chi connectivity index (χ0n) is 33.3. The second-order valence-electron chi connectivity index (χ2n) is 15.0. The lowest BCUT2D eigenvalue weighted by atomic mass is 10.1. The van der Waals surface area contributed by atoms with Gasteiger partial charge in [0, 0.05) is 0 Å². The highest BCUT2D eigenvalue weighted by Gasteiger charge is 2.20. The van der Waals surface area contributed by atoms with Crippen molar-refractivity contribution in [1.29, 1.82) is 0 Å². The molecule has 0 amide bonds. The molecule has 0 bridgehead atoms. The summed E-state index contributed by atoms with van der Waals surface area (Å²) >= 11 is 0. The molecule has 0 saturated heterocycles. The maximum Gasteiger partial charge on any atom is 0.104 e. The molecular weight excluding hydrogens is 623 g/mol. The number of allylic oxidation sites excluding steroid dienone is 3. The third kappa shape index (κ3) is 36.7. The maximum atomic E-state index is 11.8. The van der Waals surface area contributed by atoms with Crippen molar-refractivity contribution in [3.63, 3.8) is 0 Å². The summed E-state index contributed by atoms with van der Waals surface area (Å²) in [6.07, 6.45) is 55.8. The fourth-order valence-electron chi connectivity index (χ4n) is 6.70. The molecule has 0 rings (SSSR count). The Kier molecular flexibility index (Phi) is 36.2. The smallest absolute Gasteiger partial charge is 0.104 e. The van der Waals surface area contributed by atoms with E-state index in [0.29, 0.717) is 4.48 Å². The quantitative estimate of drug-likeness (QED) is 0.0363. The summed E-state index contributed by atoms with van der Waals surface area (Å²) < 4.78 is 35.6. The molecule has 0 atom stereocenters. The van der Waals surface area contributed by atoms with E-state index < -0.39 is 10.1 Å². The van der Waals surface area contributed by atoms with E-state index in [1.54, 1.807) is 0 Å². The van der Waals surface area contributed by atoms with Gasteiger partial charge in [-0.3, -0.25) is 0 Å². The lowest BCUT2D eigenvalue weighted by Gasteiger charge is -2.27. The van der Waals surface area contributed by atoms with Crippen molar-refractivity contribution < 1.29 is 17.5 Å². The summed E-state index contributed by atoms with van der Waals surface area (Å²) in [7, 11) is -4.29. The zero-order chi connectivity index (χ0) is 36.0. The van der Waals surface area contributed by atoms with Crippen LogP contribution in [-0.4, -0.2) is 29.8 Å². The van der Waals surface area contributed by atoms with E-state index in [1.165, 1.54) is 173 Å². The first-order valence-corrected chi connectivity index (χ1v) is 23.3. The minimum absolute atomic E-state index is 0.267. The number of unbranched alkanes of at least 4 members (excludes halogenated alkanes) is 30. The summed E-state index contributed by atoms with van der Waals surface area (Å²) in [5, 5.41) is 0. The maximum absolute atomic E-state index is 11.8. The van der Waals surface area contributed by atoms with Gasteiger partial charge in [-0.05, 0) is 56.8 Å². The highest BCUT2D eigenvalue weighted by Crippen LogP contribution is 2.19. The van der Waals surface area contributed by atoms with Crippen molar-refractivity contribution in [2.75, 3.05) is 12.3 Å². The highest BCUT2D eigenvalue weighted by molar-refractivity contribution is 7.85. The molecule has 0 saturated carbocycles. The molecule has 4 nitrogen and oxygen atoms in total. The van der Waals surface area contributed by atoms with Crippen LogP contribution in [0.15, 0.2) is 36.8 Å². The molecule has 49 heavy (non-hydrogen) atoms. The van der Waals surface area contributed by atoms with Crippen LogP contribution in [0.1, 0.15) is 233 Å². The summed E-state index contributed by atoms with van der Waals surface area (Å²) in [6.45, 7) is 7.08. The minimum atomic E-state index is -4.29. The van der Waals surface area contributed by atoms with Crippen molar-refractivity contribution in [3.8, 4) is 0 Å². The first-order valence-electron chi connectivity index (χ1n) is 21.7. The van der Waals surface area contributed by atoms with Crippen LogP contribution in [0.4, 0.5) is 0 Å². The van der Waals surface area contributed by atoms with E-state index in [2.05, 4.69) is 57.6 Å². The van der Waals surface area contributed by atoms with Crippen LogP contribution in [0.3, 0.4) is 0 Å². The Morgan fingerprint density at radius 1 is 0.388 bits per heavy atom. The molecule has 0 aliphatic heterocycles. The SMILES string of the molecule is CCCCCCCCCCCC/C=C/[N+](/C=C/CCCCCCCCCCCC)(/C=C/CCCCCCCCCCCC)CCS(=O)(=O)[O-]. The Labute approximate surface area is 308 Å². The van der Waals surface area contributed by atoms with Gasteiger partial charge in [-0.15, -0.1) is 0 Å². The van der Waals surface area contributed by atoms with Gasteiger partial charge in [0.1, 0.15) is 35.3 Å². The summed E-state index contributed by atoms with van der Waals surface area (Å²) in [5.41, 5.74) is 0. The van der Waals surface area contributed by atoms with E-state index >= 15 is 0 Å². The molecule has 0 unspecified atom stereocenters. The average molecular weight is 708 g/mol. The van der Waals surface area contributed by atoms with Gasteiger partial charge in [0.2, 0.25) is 0 Å². The fourth-order valence-corrected chi connectivity index (χ4v) is 7.24. The molecule has 0 fully saturated rings. The molecular formula is C44H85NO3S. The van der Waals surface area contributed by atoms with E-state index in [-0.39, 0.29) is 12.3 Å².